The molecule has 1 N–H and O–H groups in total. The lowest BCUT2D eigenvalue weighted by Crippen LogP contribution is -2.26. The van der Waals surface area contributed by atoms with Crippen molar-refractivity contribution in [2.45, 2.75) is 6.92 Å². The van der Waals surface area contributed by atoms with Crippen molar-refractivity contribution in [3.8, 4) is 16.9 Å². The Morgan fingerprint density at radius 1 is 1.24 bits per heavy atom. The zero-order valence-corrected chi connectivity index (χ0v) is 14.1. The topological polar surface area (TPSA) is 56.1 Å². The average molecular weight is 360 g/mol. The molecule has 5 nitrogen and oxygen atoms in total. The van der Waals surface area contributed by atoms with Gasteiger partial charge in [-0.05, 0) is 43.3 Å². The molecule has 0 atom stereocenters. The van der Waals surface area contributed by atoms with E-state index in [1.807, 2.05) is 18.2 Å². The summed E-state index contributed by atoms with van der Waals surface area (Å²) in [4.78, 5) is 17.4. The number of nitrogens with one attached hydrogen (secondary N) is 1. The molecule has 1 aromatic heterocycles. The molecule has 3 aromatic rings. The smallest absolute Gasteiger partial charge is 0.274 e. The van der Waals surface area contributed by atoms with Crippen LogP contribution >= 0.6 is 11.6 Å². The molecule has 25 heavy (non-hydrogen) atoms. The van der Waals surface area contributed by atoms with Crippen LogP contribution in [-0.4, -0.2) is 22.3 Å². The van der Waals surface area contributed by atoms with Crippen LogP contribution in [0.3, 0.4) is 0 Å². The first-order valence-electron chi connectivity index (χ1n) is 7.63. The van der Waals surface area contributed by atoms with Crippen LogP contribution < -0.4 is 5.48 Å². The van der Waals surface area contributed by atoms with Crippen LogP contribution in [0, 0.1) is 5.82 Å². The molecule has 1 heterocycles. The second kappa shape index (κ2) is 7.46. The van der Waals surface area contributed by atoms with Crippen molar-refractivity contribution < 1.29 is 14.0 Å². The van der Waals surface area contributed by atoms with Gasteiger partial charge in [-0.1, -0.05) is 29.8 Å². The third-order valence-corrected chi connectivity index (χ3v) is 3.80. The van der Waals surface area contributed by atoms with E-state index in [1.54, 1.807) is 19.1 Å². The molecular formula is C18H15ClFN3O2. The average Bonchev–Trinajstić information content (AvgIpc) is 3.06. The first-order valence-corrected chi connectivity index (χ1v) is 8.01. The summed E-state index contributed by atoms with van der Waals surface area (Å²) in [5.41, 5.74) is 4.35. The van der Waals surface area contributed by atoms with E-state index in [1.165, 1.54) is 28.9 Å². The van der Waals surface area contributed by atoms with Gasteiger partial charge >= 0.3 is 0 Å². The molecule has 0 saturated heterocycles. The highest BCUT2D eigenvalue weighted by atomic mass is 35.5. The number of nitrogens with zero attached hydrogens (tertiary/aromatic N) is 2. The molecule has 0 radical (unpaired) electrons. The molecule has 0 aliphatic heterocycles. The number of hydrogen-bond donors (Lipinski definition) is 1. The van der Waals surface area contributed by atoms with Crippen molar-refractivity contribution in [3.63, 3.8) is 0 Å². The lowest BCUT2D eigenvalue weighted by Gasteiger charge is -2.07. The highest BCUT2D eigenvalue weighted by molar-refractivity contribution is 6.33. The summed E-state index contributed by atoms with van der Waals surface area (Å²) >= 11 is 6.23. The fourth-order valence-electron chi connectivity index (χ4n) is 2.31. The van der Waals surface area contributed by atoms with E-state index < -0.39 is 5.91 Å². The number of benzene rings is 2. The van der Waals surface area contributed by atoms with Gasteiger partial charge in [0.15, 0.2) is 0 Å². The summed E-state index contributed by atoms with van der Waals surface area (Å²) in [5, 5.41) is 4.98. The van der Waals surface area contributed by atoms with Crippen LogP contribution in [-0.2, 0) is 4.84 Å². The van der Waals surface area contributed by atoms with Gasteiger partial charge in [0.25, 0.3) is 5.91 Å². The lowest BCUT2D eigenvalue weighted by atomic mass is 10.1. The largest absolute Gasteiger partial charge is 0.293 e. The first kappa shape index (κ1) is 17.1. The van der Waals surface area contributed by atoms with Crippen molar-refractivity contribution in [2.24, 2.45) is 0 Å². The molecule has 0 aliphatic rings. The van der Waals surface area contributed by atoms with E-state index in [0.717, 1.165) is 0 Å². The third kappa shape index (κ3) is 3.70. The fourth-order valence-corrected chi connectivity index (χ4v) is 2.55. The standard InChI is InChI=1S/C18H15ClFN3O2/c1-2-25-22-18(24)17-11-16(14-5-3-4-6-15(14)19)21-23(17)13-9-7-12(20)8-10-13/h3-11H,2H2,1H3,(H,22,24). The molecule has 0 spiro atoms. The van der Waals surface area contributed by atoms with Crippen LogP contribution in [0.5, 0.6) is 0 Å². The summed E-state index contributed by atoms with van der Waals surface area (Å²) in [6.45, 7) is 2.08. The fraction of sp³-hybridized carbons (Fsp3) is 0.111. The van der Waals surface area contributed by atoms with Gasteiger partial charge in [0.1, 0.15) is 11.5 Å². The van der Waals surface area contributed by atoms with Crippen LogP contribution in [0.25, 0.3) is 16.9 Å². The van der Waals surface area contributed by atoms with Gasteiger partial charge in [0.2, 0.25) is 0 Å². The van der Waals surface area contributed by atoms with E-state index in [4.69, 9.17) is 16.4 Å². The number of hydrogen-bond acceptors (Lipinski definition) is 3. The minimum absolute atomic E-state index is 0.245. The van der Waals surface area contributed by atoms with Crippen molar-refractivity contribution in [1.29, 1.82) is 0 Å². The molecule has 7 heteroatoms. The summed E-state index contributed by atoms with van der Waals surface area (Å²) in [6.07, 6.45) is 0. The Labute approximate surface area is 148 Å². The van der Waals surface area contributed by atoms with Gasteiger partial charge in [-0.2, -0.15) is 5.10 Å². The Balaban J connectivity index is 2.09. The molecule has 0 fully saturated rings. The number of amides is 1. The van der Waals surface area contributed by atoms with Crippen molar-refractivity contribution >= 4 is 17.5 Å². The molecule has 2 aromatic carbocycles. The predicted molar refractivity (Wildman–Crippen MR) is 93.1 cm³/mol. The molecule has 0 saturated carbocycles. The Kier molecular flexibility index (Phi) is 5.11. The molecule has 0 bridgehead atoms. The van der Waals surface area contributed by atoms with Crippen molar-refractivity contribution in [1.82, 2.24) is 15.3 Å². The van der Waals surface area contributed by atoms with Gasteiger partial charge < -0.3 is 0 Å². The molecule has 0 unspecified atom stereocenters. The molecule has 0 aliphatic carbocycles. The minimum Gasteiger partial charge on any atom is -0.274 e. The summed E-state index contributed by atoms with van der Waals surface area (Å²) in [5.74, 6) is -0.834. The minimum atomic E-state index is -0.461. The molecular weight excluding hydrogens is 345 g/mol. The normalized spacial score (nSPS) is 10.7. The highest BCUT2D eigenvalue weighted by Crippen LogP contribution is 2.28. The van der Waals surface area contributed by atoms with Gasteiger partial charge in [-0.3, -0.25) is 9.63 Å². The molecule has 1 amide bonds. The quantitative estimate of drug-likeness (QED) is 0.700. The van der Waals surface area contributed by atoms with Crippen LogP contribution in [0.2, 0.25) is 5.02 Å². The second-order valence-corrected chi connectivity index (χ2v) is 5.55. The first-order chi connectivity index (χ1) is 12.1. The van der Waals surface area contributed by atoms with Gasteiger partial charge in [0.05, 0.1) is 23.0 Å². The second-order valence-electron chi connectivity index (χ2n) is 5.15. The lowest BCUT2D eigenvalue weighted by molar-refractivity contribution is 0.0357. The van der Waals surface area contributed by atoms with E-state index in [0.29, 0.717) is 28.6 Å². The highest BCUT2D eigenvalue weighted by Gasteiger charge is 2.19. The van der Waals surface area contributed by atoms with Gasteiger partial charge in [0, 0.05) is 5.56 Å². The van der Waals surface area contributed by atoms with E-state index in [9.17, 15) is 9.18 Å². The monoisotopic (exact) mass is 359 g/mol. The maximum Gasteiger partial charge on any atom is 0.293 e. The summed E-state index contributed by atoms with van der Waals surface area (Å²) < 4.78 is 14.6. The zero-order valence-electron chi connectivity index (χ0n) is 13.4. The predicted octanol–water partition coefficient (Wildman–Crippen LogP) is 4.01. The van der Waals surface area contributed by atoms with E-state index >= 15 is 0 Å². The number of carbonyl (C=O) groups is 1. The SMILES string of the molecule is CCONC(=O)c1cc(-c2ccccc2Cl)nn1-c1ccc(F)cc1. The maximum absolute atomic E-state index is 13.2. The van der Waals surface area contributed by atoms with Crippen LogP contribution in [0.4, 0.5) is 4.39 Å². The van der Waals surface area contributed by atoms with Gasteiger partial charge in [-0.15, -0.1) is 0 Å². The van der Waals surface area contributed by atoms with Crippen molar-refractivity contribution in [3.05, 3.63) is 71.1 Å². The van der Waals surface area contributed by atoms with Crippen LogP contribution in [0.15, 0.2) is 54.6 Å². The third-order valence-electron chi connectivity index (χ3n) is 3.47. The zero-order chi connectivity index (χ0) is 17.8. The number of halogens is 2. The van der Waals surface area contributed by atoms with Crippen LogP contribution in [0.1, 0.15) is 17.4 Å². The number of hydroxylamine groups is 1. The Morgan fingerprint density at radius 2 is 1.96 bits per heavy atom. The van der Waals surface area contributed by atoms with E-state index in [-0.39, 0.29) is 11.5 Å². The number of rotatable bonds is 5. The molecule has 3 rings (SSSR count). The number of carbonyl (C=O) groups excluding carboxylic acids is 1. The van der Waals surface area contributed by atoms with Crippen molar-refractivity contribution in [2.75, 3.05) is 6.61 Å². The Bertz CT molecular complexity index is 894. The maximum atomic E-state index is 13.2. The van der Waals surface area contributed by atoms with Gasteiger partial charge in [-0.25, -0.2) is 14.6 Å². The Hall–Kier alpha value is -2.70. The molecule has 128 valence electrons. The van der Waals surface area contributed by atoms with E-state index in [2.05, 4.69) is 10.6 Å². The number of aromatic nitrogens is 2. The summed E-state index contributed by atoms with van der Waals surface area (Å²) in [6, 6.07) is 14.5. The Morgan fingerprint density at radius 3 is 2.64 bits per heavy atom. The summed E-state index contributed by atoms with van der Waals surface area (Å²) in [7, 11) is 0.